The normalized spacial score (nSPS) is 20.1. The van der Waals surface area contributed by atoms with Crippen LogP contribution in [-0.4, -0.2) is 111 Å². The lowest BCUT2D eigenvalue weighted by atomic mass is 10.1. The number of nitrogens with zero attached hydrogens (tertiary/aromatic N) is 5. The van der Waals surface area contributed by atoms with Gasteiger partial charge in [0.2, 0.25) is 0 Å². The molecule has 4 rings (SSSR count). The SMILES string of the molecule is CNCC(O)COc1cccc(-c2nc(N3CCN(CC(F)F)[C@@H](C)C3)cc(N(C)C3CCOCC3)n2)c1. The number of nitrogens with one attached hydrogen (secondary N) is 1. The zero-order valence-electron chi connectivity index (χ0n) is 22.5. The third-order valence-electron chi connectivity index (χ3n) is 7.23. The molecule has 0 radical (unpaired) electrons. The fraction of sp³-hybridized carbons (Fsp3) is 0.630. The highest BCUT2D eigenvalue weighted by molar-refractivity contribution is 5.64. The summed E-state index contributed by atoms with van der Waals surface area (Å²) >= 11 is 0. The van der Waals surface area contributed by atoms with E-state index in [1.807, 2.05) is 42.2 Å². The number of rotatable bonds is 11. The number of aliphatic hydroxyl groups excluding tert-OH is 1. The predicted molar refractivity (Wildman–Crippen MR) is 144 cm³/mol. The van der Waals surface area contributed by atoms with Crippen LogP contribution in [0.5, 0.6) is 5.75 Å². The van der Waals surface area contributed by atoms with Gasteiger partial charge in [0.15, 0.2) is 5.82 Å². The van der Waals surface area contributed by atoms with Crippen LogP contribution in [0.1, 0.15) is 19.8 Å². The third kappa shape index (κ3) is 7.49. The molecule has 2 fully saturated rings. The van der Waals surface area contributed by atoms with E-state index in [9.17, 15) is 13.9 Å². The molecular formula is C27H40F2N6O3. The minimum atomic E-state index is -2.34. The van der Waals surface area contributed by atoms with Gasteiger partial charge in [0.1, 0.15) is 30.1 Å². The molecule has 0 bridgehead atoms. The standard InChI is InChI=1S/C27H40F2N6O3/c1-19-16-35(10-9-34(19)17-24(28)29)26-14-25(33(3)21-7-11-37-12-8-21)31-27(32-26)20-5-4-6-23(13-20)38-18-22(36)15-30-2/h4-6,13-14,19,21-22,24,30,36H,7-12,15-18H2,1-3H3/t19-,22?/m0/s1. The van der Waals surface area contributed by atoms with Crippen LogP contribution >= 0.6 is 0 Å². The number of aromatic nitrogens is 2. The van der Waals surface area contributed by atoms with E-state index in [1.54, 1.807) is 7.05 Å². The Balaban J connectivity index is 1.61. The monoisotopic (exact) mass is 534 g/mol. The Bertz CT molecular complexity index is 1030. The average Bonchev–Trinajstić information content (AvgIpc) is 2.93. The van der Waals surface area contributed by atoms with Crippen molar-refractivity contribution in [2.75, 3.05) is 76.4 Å². The maximum absolute atomic E-state index is 13.0. The Hall–Kier alpha value is -2.60. The first kappa shape index (κ1) is 28.4. The topological polar surface area (TPSA) is 86.2 Å². The lowest BCUT2D eigenvalue weighted by Crippen LogP contribution is -2.53. The van der Waals surface area contributed by atoms with E-state index in [-0.39, 0.29) is 19.2 Å². The molecular weight excluding hydrogens is 494 g/mol. The number of benzene rings is 1. The largest absolute Gasteiger partial charge is 0.491 e. The van der Waals surface area contributed by atoms with Crippen molar-refractivity contribution >= 4 is 11.6 Å². The van der Waals surface area contributed by atoms with Crippen molar-refractivity contribution < 1.29 is 23.4 Å². The maximum atomic E-state index is 13.0. The highest BCUT2D eigenvalue weighted by Gasteiger charge is 2.28. The quantitative estimate of drug-likeness (QED) is 0.452. The van der Waals surface area contributed by atoms with Gasteiger partial charge in [-0.15, -0.1) is 0 Å². The number of likely N-dealkylation sites (N-methyl/N-ethyl adjacent to an activating group) is 1. The fourth-order valence-corrected chi connectivity index (χ4v) is 5.02. The molecule has 0 aliphatic carbocycles. The minimum absolute atomic E-state index is 0.0198. The van der Waals surface area contributed by atoms with Crippen molar-refractivity contribution in [1.82, 2.24) is 20.2 Å². The number of alkyl halides is 2. The maximum Gasteiger partial charge on any atom is 0.251 e. The summed E-state index contributed by atoms with van der Waals surface area (Å²) in [7, 11) is 3.83. The molecule has 1 aromatic heterocycles. The fourth-order valence-electron chi connectivity index (χ4n) is 5.02. The summed E-state index contributed by atoms with van der Waals surface area (Å²) in [6.07, 6.45) is -1.11. The number of hydrogen-bond acceptors (Lipinski definition) is 9. The summed E-state index contributed by atoms with van der Waals surface area (Å²) in [6.45, 7) is 5.60. The van der Waals surface area contributed by atoms with E-state index < -0.39 is 12.5 Å². The molecule has 9 nitrogen and oxygen atoms in total. The Morgan fingerprint density at radius 2 is 2.00 bits per heavy atom. The molecule has 0 saturated carbocycles. The van der Waals surface area contributed by atoms with Crippen molar-refractivity contribution in [3.8, 4) is 17.1 Å². The molecule has 210 valence electrons. The molecule has 1 unspecified atom stereocenters. The summed E-state index contributed by atoms with van der Waals surface area (Å²) in [6, 6.07) is 9.85. The number of halogens is 2. The molecule has 0 amide bonds. The second-order valence-corrected chi connectivity index (χ2v) is 10.1. The zero-order chi connectivity index (χ0) is 27.1. The van der Waals surface area contributed by atoms with E-state index in [1.165, 1.54) is 0 Å². The average molecular weight is 535 g/mol. The highest BCUT2D eigenvalue weighted by atomic mass is 19.3. The van der Waals surface area contributed by atoms with Gasteiger partial charge in [-0.2, -0.15) is 0 Å². The van der Waals surface area contributed by atoms with Gasteiger partial charge in [0.25, 0.3) is 6.43 Å². The summed E-state index contributed by atoms with van der Waals surface area (Å²) in [5.41, 5.74) is 0.804. The molecule has 1 aromatic carbocycles. The van der Waals surface area contributed by atoms with Gasteiger partial charge in [-0.3, -0.25) is 4.90 Å². The second kappa shape index (κ2) is 13.5. The zero-order valence-corrected chi connectivity index (χ0v) is 22.5. The second-order valence-electron chi connectivity index (χ2n) is 10.1. The third-order valence-corrected chi connectivity index (χ3v) is 7.23. The number of hydrogen-bond donors (Lipinski definition) is 2. The van der Waals surface area contributed by atoms with Gasteiger partial charge in [-0.05, 0) is 38.9 Å². The van der Waals surface area contributed by atoms with Gasteiger partial charge in [0.05, 0.1) is 6.54 Å². The Labute approximate surface area is 223 Å². The summed E-state index contributed by atoms with van der Waals surface area (Å²) < 4.78 is 37.4. The minimum Gasteiger partial charge on any atom is -0.491 e. The lowest BCUT2D eigenvalue weighted by molar-refractivity contribution is 0.0644. The van der Waals surface area contributed by atoms with E-state index in [0.717, 1.165) is 43.3 Å². The van der Waals surface area contributed by atoms with Crippen LogP contribution in [0, 0.1) is 0 Å². The van der Waals surface area contributed by atoms with Gasteiger partial charge in [-0.25, -0.2) is 18.7 Å². The number of aliphatic hydroxyl groups is 1. The van der Waals surface area contributed by atoms with Crippen molar-refractivity contribution in [2.45, 2.75) is 44.4 Å². The van der Waals surface area contributed by atoms with Crippen LogP contribution in [0.4, 0.5) is 20.4 Å². The first-order valence-corrected chi connectivity index (χ1v) is 13.4. The molecule has 11 heteroatoms. The Morgan fingerprint density at radius 1 is 1.21 bits per heavy atom. The van der Waals surface area contributed by atoms with E-state index >= 15 is 0 Å². The Morgan fingerprint density at radius 3 is 2.71 bits per heavy atom. The Kier molecular flexibility index (Phi) is 10.1. The summed E-state index contributed by atoms with van der Waals surface area (Å²) in [5, 5.41) is 12.9. The molecule has 2 aliphatic rings. The first-order valence-electron chi connectivity index (χ1n) is 13.4. The van der Waals surface area contributed by atoms with E-state index in [4.69, 9.17) is 19.4 Å². The molecule has 38 heavy (non-hydrogen) atoms. The first-order chi connectivity index (χ1) is 18.3. The van der Waals surface area contributed by atoms with Crippen LogP contribution in [0.25, 0.3) is 11.4 Å². The summed E-state index contributed by atoms with van der Waals surface area (Å²) in [4.78, 5) is 16.1. The molecule has 2 N–H and O–H groups in total. The molecule has 0 spiro atoms. The molecule has 2 atom stereocenters. The van der Waals surface area contributed by atoms with Crippen molar-refractivity contribution in [1.29, 1.82) is 0 Å². The van der Waals surface area contributed by atoms with Crippen LogP contribution < -0.4 is 19.9 Å². The van der Waals surface area contributed by atoms with Crippen molar-refractivity contribution in [3.05, 3.63) is 30.3 Å². The number of ether oxygens (including phenoxy) is 2. The lowest BCUT2D eigenvalue weighted by Gasteiger charge is -2.40. The van der Waals surface area contributed by atoms with E-state index in [0.29, 0.717) is 43.8 Å². The van der Waals surface area contributed by atoms with E-state index in [2.05, 4.69) is 22.2 Å². The molecule has 2 saturated heterocycles. The number of piperazine rings is 1. The van der Waals surface area contributed by atoms with Crippen LogP contribution in [0.3, 0.4) is 0 Å². The molecule has 2 aliphatic heterocycles. The molecule has 2 aromatic rings. The molecule has 3 heterocycles. The van der Waals surface area contributed by atoms with Gasteiger partial charge in [0, 0.05) is 70.2 Å². The van der Waals surface area contributed by atoms with Crippen LogP contribution in [0.2, 0.25) is 0 Å². The highest BCUT2D eigenvalue weighted by Crippen LogP contribution is 2.30. The predicted octanol–water partition coefficient (Wildman–Crippen LogP) is 2.49. The van der Waals surface area contributed by atoms with Gasteiger partial charge >= 0.3 is 0 Å². The van der Waals surface area contributed by atoms with Gasteiger partial charge in [-0.1, -0.05) is 12.1 Å². The van der Waals surface area contributed by atoms with Gasteiger partial charge < -0.3 is 29.7 Å². The van der Waals surface area contributed by atoms with Crippen LogP contribution in [-0.2, 0) is 4.74 Å². The summed E-state index contributed by atoms with van der Waals surface area (Å²) in [5.74, 6) is 2.79. The van der Waals surface area contributed by atoms with Crippen molar-refractivity contribution in [3.63, 3.8) is 0 Å². The smallest absolute Gasteiger partial charge is 0.251 e. The number of anilines is 2. The van der Waals surface area contributed by atoms with Crippen LogP contribution in [0.15, 0.2) is 30.3 Å². The van der Waals surface area contributed by atoms with Crippen molar-refractivity contribution in [2.24, 2.45) is 0 Å².